The molecule has 0 spiro atoms. The van der Waals surface area contributed by atoms with Crippen molar-refractivity contribution in [1.82, 2.24) is 4.98 Å². The van der Waals surface area contributed by atoms with Crippen molar-refractivity contribution < 1.29 is 4.42 Å². The third kappa shape index (κ3) is 2.45. The lowest BCUT2D eigenvalue weighted by Crippen LogP contribution is -2.17. The normalized spacial score (nSPS) is 9.94. The first-order chi connectivity index (χ1) is 8.20. The van der Waals surface area contributed by atoms with Gasteiger partial charge in [-0.2, -0.15) is 5.26 Å². The molecular formula is C13H13N3O. The molecule has 0 radical (unpaired) electrons. The summed E-state index contributed by atoms with van der Waals surface area (Å²) < 4.78 is 5.25. The molecule has 4 heteroatoms. The summed E-state index contributed by atoms with van der Waals surface area (Å²) in [6.45, 7) is 2.68. The second-order valence-electron chi connectivity index (χ2n) is 3.87. The Balaban J connectivity index is 2.12. The lowest BCUT2D eigenvalue weighted by molar-refractivity contribution is 0.529. The third-order valence-electron chi connectivity index (χ3n) is 2.64. The molecule has 2 rings (SSSR count). The summed E-state index contributed by atoms with van der Waals surface area (Å²) in [5, 5.41) is 8.69. The minimum Gasteiger partial charge on any atom is -0.469 e. The molecule has 4 nitrogen and oxygen atoms in total. The highest BCUT2D eigenvalue weighted by molar-refractivity contribution is 5.42. The maximum absolute atomic E-state index is 8.69. The Bertz CT molecular complexity index is 537. The number of anilines is 1. The Hall–Kier alpha value is -2.28. The van der Waals surface area contributed by atoms with E-state index in [-0.39, 0.29) is 0 Å². The van der Waals surface area contributed by atoms with Crippen LogP contribution in [0.2, 0.25) is 0 Å². The first-order valence-electron chi connectivity index (χ1n) is 5.31. The van der Waals surface area contributed by atoms with E-state index < -0.39 is 0 Å². The fraction of sp³-hybridized carbons (Fsp3) is 0.231. The van der Waals surface area contributed by atoms with Crippen molar-refractivity contribution in [2.45, 2.75) is 13.5 Å². The van der Waals surface area contributed by atoms with Crippen molar-refractivity contribution in [2.75, 3.05) is 11.9 Å². The van der Waals surface area contributed by atoms with Gasteiger partial charge in [0.15, 0.2) is 0 Å². The molecule has 0 atom stereocenters. The van der Waals surface area contributed by atoms with Gasteiger partial charge in [0.25, 0.3) is 0 Å². The Labute approximate surface area is 100 Å². The zero-order chi connectivity index (χ0) is 12.3. The first-order valence-corrected chi connectivity index (χ1v) is 5.31. The van der Waals surface area contributed by atoms with E-state index in [1.54, 1.807) is 18.5 Å². The molecule has 2 heterocycles. The smallest absolute Gasteiger partial charge is 0.128 e. The number of pyridine rings is 1. The highest BCUT2D eigenvalue weighted by Gasteiger charge is 2.07. The monoisotopic (exact) mass is 227 g/mol. The number of nitriles is 1. The summed E-state index contributed by atoms with van der Waals surface area (Å²) in [7, 11) is 1.96. The molecule has 2 aromatic heterocycles. The van der Waals surface area contributed by atoms with Crippen molar-refractivity contribution >= 4 is 5.82 Å². The zero-order valence-corrected chi connectivity index (χ0v) is 9.84. The van der Waals surface area contributed by atoms with Crippen molar-refractivity contribution in [2.24, 2.45) is 0 Å². The van der Waals surface area contributed by atoms with E-state index in [1.165, 1.54) is 0 Å². The molecule has 0 aliphatic heterocycles. The minimum atomic E-state index is 0.571. The van der Waals surface area contributed by atoms with Gasteiger partial charge in [0.2, 0.25) is 0 Å². The van der Waals surface area contributed by atoms with Crippen molar-refractivity contribution in [3.63, 3.8) is 0 Å². The second kappa shape index (κ2) is 4.71. The largest absolute Gasteiger partial charge is 0.469 e. The Morgan fingerprint density at radius 2 is 2.24 bits per heavy atom. The van der Waals surface area contributed by atoms with Crippen molar-refractivity contribution in [1.29, 1.82) is 5.26 Å². The number of furan rings is 1. The topological polar surface area (TPSA) is 53.1 Å². The van der Waals surface area contributed by atoms with E-state index in [0.29, 0.717) is 5.56 Å². The molecule has 0 aliphatic rings. The summed E-state index contributed by atoms with van der Waals surface area (Å²) in [6, 6.07) is 7.61. The van der Waals surface area contributed by atoms with Crippen LogP contribution in [0.4, 0.5) is 5.82 Å². The van der Waals surface area contributed by atoms with Gasteiger partial charge in [-0.3, -0.25) is 0 Å². The molecule has 0 fully saturated rings. The number of hydrogen-bond donors (Lipinski definition) is 0. The van der Waals surface area contributed by atoms with Crippen molar-refractivity contribution in [3.8, 4) is 6.07 Å². The Morgan fingerprint density at radius 1 is 1.41 bits per heavy atom. The highest BCUT2D eigenvalue weighted by atomic mass is 16.3. The van der Waals surface area contributed by atoms with E-state index in [0.717, 1.165) is 23.7 Å². The average Bonchev–Trinajstić information content (AvgIpc) is 2.75. The van der Waals surface area contributed by atoms with Crippen LogP contribution in [-0.2, 0) is 6.54 Å². The van der Waals surface area contributed by atoms with E-state index in [2.05, 4.69) is 11.1 Å². The maximum atomic E-state index is 8.69. The van der Waals surface area contributed by atoms with Crippen LogP contribution in [0.3, 0.4) is 0 Å². The number of hydrogen-bond acceptors (Lipinski definition) is 4. The number of nitrogens with zero attached hydrogens (tertiary/aromatic N) is 3. The summed E-state index contributed by atoms with van der Waals surface area (Å²) in [5.41, 5.74) is 1.71. The highest BCUT2D eigenvalue weighted by Crippen LogP contribution is 2.16. The minimum absolute atomic E-state index is 0.571. The van der Waals surface area contributed by atoms with Crippen LogP contribution < -0.4 is 4.90 Å². The van der Waals surface area contributed by atoms with Crippen LogP contribution in [0.25, 0.3) is 0 Å². The summed E-state index contributed by atoms with van der Waals surface area (Å²) in [6.07, 6.45) is 3.26. The predicted molar refractivity (Wildman–Crippen MR) is 64.5 cm³/mol. The van der Waals surface area contributed by atoms with Crippen LogP contribution in [0.15, 0.2) is 35.1 Å². The van der Waals surface area contributed by atoms with Crippen LogP contribution in [0.1, 0.15) is 16.9 Å². The van der Waals surface area contributed by atoms with Gasteiger partial charge in [-0.15, -0.1) is 0 Å². The molecule has 86 valence electrons. The molecule has 0 unspecified atom stereocenters. The van der Waals surface area contributed by atoms with Gasteiger partial charge in [-0.25, -0.2) is 4.98 Å². The van der Waals surface area contributed by atoms with E-state index >= 15 is 0 Å². The number of rotatable bonds is 3. The maximum Gasteiger partial charge on any atom is 0.128 e. The fourth-order valence-corrected chi connectivity index (χ4v) is 1.59. The van der Waals surface area contributed by atoms with Gasteiger partial charge in [0.05, 0.1) is 11.8 Å². The molecule has 0 bridgehead atoms. The van der Waals surface area contributed by atoms with E-state index in [1.807, 2.05) is 31.0 Å². The van der Waals surface area contributed by atoms with Gasteiger partial charge in [0, 0.05) is 25.4 Å². The summed E-state index contributed by atoms with van der Waals surface area (Å²) >= 11 is 0. The quantitative estimate of drug-likeness (QED) is 0.808. The van der Waals surface area contributed by atoms with Gasteiger partial charge in [0.1, 0.15) is 17.6 Å². The van der Waals surface area contributed by atoms with Crippen LogP contribution in [-0.4, -0.2) is 12.0 Å². The lowest BCUT2D eigenvalue weighted by Gasteiger charge is -2.17. The zero-order valence-electron chi connectivity index (χ0n) is 9.84. The van der Waals surface area contributed by atoms with E-state index in [4.69, 9.17) is 9.68 Å². The van der Waals surface area contributed by atoms with Crippen LogP contribution >= 0.6 is 0 Å². The molecule has 17 heavy (non-hydrogen) atoms. The van der Waals surface area contributed by atoms with Crippen LogP contribution in [0, 0.1) is 18.3 Å². The summed E-state index contributed by atoms with van der Waals surface area (Å²) in [5.74, 6) is 1.76. The lowest BCUT2D eigenvalue weighted by atomic mass is 10.2. The molecule has 0 saturated heterocycles. The molecule has 0 N–H and O–H groups in total. The molecule has 0 amide bonds. The molecule has 2 aromatic rings. The Morgan fingerprint density at radius 3 is 2.76 bits per heavy atom. The third-order valence-corrected chi connectivity index (χ3v) is 2.64. The molecule has 0 saturated carbocycles. The van der Waals surface area contributed by atoms with Gasteiger partial charge < -0.3 is 9.32 Å². The second-order valence-corrected chi connectivity index (χ2v) is 3.87. The van der Waals surface area contributed by atoms with Gasteiger partial charge in [-0.05, 0) is 25.1 Å². The fourth-order valence-electron chi connectivity index (χ4n) is 1.59. The Kier molecular flexibility index (Phi) is 3.10. The number of aromatic nitrogens is 1. The summed E-state index contributed by atoms with van der Waals surface area (Å²) in [4.78, 5) is 6.25. The predicted octanol–water partition coefficient (Wildman–Crippen LogP) is 2.49. The average molecular weight is 227 g/mol. The number of aryl methyl sites for hydroxylation is 1. The molecule has 0 aromatic carbocycles. The van der Waals surface area contributed by atoms with Gasteiger partial charge in [-0.1, -0.05) is 0 Å². The standard InChI is InChI=1S/C13H13N3O/c1-10-12(5-6-17-10)9-16(2)13-4-3-11(7-14)8-15-13/h3-6,8H,9H2,1-2H3. The van der Waals surface area contributed by atoms with Crippen LogP contribution in [0.5, 0.6) is 0 Å². The molecular weight excluding hydrogens is 214 g/mol. The van der Waals surface area contributed by atoms with Gasteiger partial charge >= 0.3 is 0 Å². The van der Waals surface area contributed by atoms with Crippen molar-refractivity contribution in [3.05, 3.63) is 47.5 Å². The SMILES string of the molecule is Cc1occc1CN(C)c1ccc(C#N)cn1. The van der Waals surface area contributed by atoms with E-state index in [9.17, 15) is 0 Å². The molecule has 0 aliphatic carbocycles. The first kappa shape index (κ1) is 11.2.